The SMILES string of the molecule is COc1ccc(CCCNC(=O)c2ccccc2SCC2CCCO2)cc1. The molecule has 1 amide bonds. The lowest BCUT2D eigenvalue weighted by atomic mass is 10.1. The van der Waals surface area contributed by atoms with Gasteiger partial charge < -0.3 is 14.8 Å². The van der Waals surface area contributed by atoms with Crippen LogP contribution in [-0.4, -0.2) is 38.0 Å². The minimum Gasteiger partial charge on any atom is -0.497 e. The van der Waals surface area contributed by atoms with E-state index < -0.39 is 0 Å². The molecule has 0 aliphatic carbocycles. The van der Waals surface area contributed by atoms with Crippen molar-refractivity contribution >= 4 is 17.7 Å². The van der Waals surface area contributed by atoms with Crippen LogP contribution in [-0.2, 0) is 11.2 Å². The molecule has 27 heavy (non-hydrogen) atoms. The lowest BCUT2D eigenvalue weighted by molar-refractivity contribution is 0.0950. The molecular formula is C22H27NO3S. The van der Waals surface area contributed by atoms with Gasteiger partial charge >= 0.3 is 0 Å². The Kier molecular flexibility index (Phi) is 7.60. The lowest BCUT2D eigenvalue weighted by Crippen LogP contribution is -2.25. The van der Waals surface area contributed by atoms with E-state index in [1.165, 1.54) is 5.56 Å². The Morgan fingerprint density at radius 2 is 2.04 bits per heavy atom. The average molecular weight is 386 g/mol. The molecular weight excluding hydrogens is 358 g/mol. The molecule has 5 heteroatoms. The van der Waals surface area contributed by atoms with Gasteiger partial charge in [0.05, 0.1) is 18.8 Å². The zero-order valence-electron chi connectivity index (χ0n) is 15.8. The zero-order valence-corrected chi connectivity index (χ0v) is 16.6. The molecule has 1 fully saturated rings. The predicted octanol–water partition coefficient (Wildman–Crippen LogP) is 4.33. The first-order valence-corrected chi connectivity index (χ1v) is 10.5. The van der Waals surface area contributed by atoms with Crippen LogP contribution in [0.4, 0.5) is 0 Å². The standard InChI is InChI=1S/C22H27NO3S/c1-25-18-12-10-17(11-13-18)6-4-14-23-22(24)20-8-2-3-9-21(20)27-16-19-7-5-15-26-19/h2-3,8-13,19H,4-7,14-16H2,1H3,(H,23,24). The second-order valence-electron chi connectivity index (χ2n) is 6.65. The summed E-state index contributed by atoms with van der Waals surface area (Å²) in [4.78, 5) is 13.6. The molecule has 0 radical (unpaired) electrons. The molecule has 1 N–H and O–H groups in total. The lowest BCUT2D eigenvalue weighted by Gasteiger charge is -2.12. The number of hydrogen-bond donors (Lipinski definition) is 1. The van der Waals surface area contributed by atoms with E-state index in [1.807, 2.05) is 36.4 Å². The fraction of sp³-hybridized carbons (Fsp3) is 0.409. The van der Waals surface area contributed by atoms with Crippen molar-refractivity contribution in [2.24, 2.45) is 0 Å². The maximum atomic E-state index is 12.6. The first-order chi connectivity index (χ1) is 13.3. The molecule has 3 rings (SSSR count). The number of hydrogen-bond acceptors (Lipinski definition) is 4. The highest BCUT2D eigenvalue weighted by molar-refractivity contribution is 7.99. The van der Waals surface area contributed by atoms with Crippen molar-refractivity contribution < 1.29 is 14.3 Å². The molecule has 1 heterocycles. The summed E-state index contributed by atoms with van der Waals surface area (Å²) in [7, 11) is 1.67. The van der Waals surface area contributed by atoms with E-state index in [0.717, 1.165) is 54.3 Å². The smallest absolute Gasteiger partial charge is 0.252 e. The van der Waals surface area contributed by atoms with Crippen molar-refractivity contribution in [3.63, 3.8) is 0 Å². The first-order valence-electron chi connectivity index (χ1n) is 9.51. The van der Waals surface area contributed by atoms with Crippen molar-refractivity contribution in [3.8, 4) is 5.75 Å². The van der Waals surface area contributed by atoms with Crippen molar-refractivity contribution in [3.05, 3.63) is 59.7 Å². The van der Waals surface area contributed by atoms with Gasteiger partial charge in [0.2, 0.25) is 0 Å². The Hall–Kier alpha value is -1.98. The predicted molar refractivity (Wildman–Crippen MR) is 110 cm³/mol. The average Bonchev–Trinajstić information content (AvgIpc) is 3.24. The summed E-state index contributed by atoms with van der Waals surface area (Å²) in [6.45, 7) is 1.52. The number of nitrogens with one attached hydrogen (secondary N) is 1. The van der Waals surface area contributed by atoms with Gasteiger partial charge in [-0.2, -0.15) is 0 Å². The third-order valence-electron chi connectivity index (χ3n) is 4.67. The maximum Gasteiger partial charge on any atom is 0.252 e. The fourth-order valence-corrected chi connectivity index (χ4v) is 4.24. The van der Waals surface area contributed by atoms with Gasteiger partial charge in [0, 0.05) is 23.8 Å². The number of carbonyl (C=O) groups excluding carboxylic acids is 1. The summed E-state index contributed by atoms with van der Waals surface area (Å²) in [6, 6.07) is 15.9. The quantitative estimate of drug-likeness (QED) is 0.516. The van der Waals surface area contributed by atoms with Gasteiger partial charge in [-0.3, -0.25) is 4.79 Å². The molecule has 0 saturated carbocycles. The van der Waals surface area contributed by atoms with Gasteiger partial charge in [0.25, 0.3) is 5.91 Å². The number of ether oxygens (including phenoxy) is 2. The monoisotopic (exact) mass is 385 g/mol. The van der Waals surface area contributed by atoms with Crippen molar-refractivity contribution in [1.29, 1.82) is 0 Å². The first kappa shape index (κ1) is 19.8. The van der Waals surface area contributed by atoms with Crippen LogP contribution in [0.1, 0.15) is 35.2 Å². The molecule has 1 unspecified atom stereocenters. The number of thioether (sulfide) groups is 1. The Morgan fingerprint density at radius 3 is 2.78 bits per heavy atom. The summed E-state index contributed by atoms with van der Waals surface area (Å²) in [6.07, 6.45) is 4.41. The highest BCUT2D eigenvalue weighted by atomic mass is 32.2. The third-order valence-corrected chi connectivity index (χ3v) is 5.87. The molecule has 144 valence electrons. The minimum atomic E-state index is 0.000159. The van der Waals surface area contributed by atoms with E-state index >= 15 is 0 Å². The van der Waals surface area contributed by atoms with Gasteiger partial charge in [-0.15, -0.1) is 11.8 Å². The van der Waals surface area contributed by atoms with Gasteiger partial charge in [-0.05, 0) is 55.5 Å². The second-order valence-corrected chi connectivity index (χ2v) is 7.71. The van der Waals surface area contributed by atoms with E-state index in [-0.39, 0.29) is 5.91 Å². The normalized spacial score (nSPS) is 16.3. The largest absolute Gasteiger partial charge is 0.497 e. The Labute approximate surface area is 165 Å². The third kappa shape index (κ3) is 6.01. The summed E-state index contributed by atoms with van der Waals surface area (Å²) >= 11 is 1.71. The molecule has 1 atom stereocenters. The number of aryl methyl sites for hydroxylation is 1. The molecule has 2 aromatic rings. The Balaban J connectivity index is 1.45. The van der Waals surface area contributed by atoms with Gasteiger partial charge in [0.1, 0.15) is 5.75 Å². The van der Waals surface area contributed by atoms with Crippen molar-refractivity contribution in [1.82, 2.24) is 5.32 Å². The molecule has 0 bridgehead atoms. The summed E-state index contributed by atoms with van der Waals surface area (Å²) in [5.41, 5.74) is 2.00. The van der Waals surface area contributed by atoms with Crippen LogP contribution in [0.25, 0.3) is 0 Å². The van der Waals surface area contributed by atoms with E-state index in [1.54, 1.807) is 18.9 Å². The van der Waals surface area contributed by atoms with E-state index in [0.29, 0.717) is 12.6 Å². The summed E-state index contributed by atoms with van der Waals surface area (Å²) < 4.78 is 10.9. The fourth-order valence-electron chi connectivity index (χ4n) is 3.12. The molecule has 4 nitrogen and oxygen atoms in total. The van der Waals surface area contributed by atoms with Crippen LogP contribution < -0.4 is 10.1 Å². The van der Waals surface area contributed by atoms with Crippen LogP contribution >= 0.6 is 11.8 Å². The van der Waals surface area contributed by atoms with Gasteiger partial charge in [-0.1, -0.05) is 24.3 Å². The number of benzene rings is 2. The molecule has 1 aliphatic heterocycles. The van der Waals surface area contributed by atoms with Gasteiger partial charge in [0.15, 0.2) is 0 Å². The van der Waals surface area contributed by atoms with Crippen molar-refractivity contribution in [2.45, 2.75) is 36.7 Å². The topological polar surface area (TPSA) is 47.6 Å². The molecule has 1 aliphatic rings. The van der Waals surface area contributed by atoms with Crippen LogP contribution in [0.15, 0.2) is 53.4 Å². The highest BCUT2D eigenvalue weighted by Crippen LogP contribution is 2.26. The number of rotatable bonds is 9. The second kappa shape index (κ2) is 10.4. The van der Waals surface area contributed by atoms with E-state index in [4.69, 9.17) is 9.47 Å². The van der Waals surface area contributed by atoms with Crippen LogP contribution in [0.5, 0.6) is 5.75 Å². The molecule has 0 aromatic heterocycles. The Bertz CT molecular complexity index is 727. The van der Waals surface area contributed by atoms with Gasteiger partial charge in [-0.25, -0.2) is 0 Å². The highest BCUT2D eigenvalue weighted by Gasteiger charge is 2.17. The van der Waals surface area contributed by atoms with Crippen LogP contribution in [0.2, 0.25) is 0 Å². The summed E-state index contributed by atoms with van der Waals surface area (Å²) in [5.74, 6) is 1.77. The molecule has 2 aromatic carbocycles. The molecule has 0 spiro atoms. The number of carbonyl (C=O) groups is 1. The molecule has 1 saturated heterocycles. The number of amides is 1. The maximum absolute atomic E-state index is 12.6. The van der Waals surface area contributed by atoms with E-state index in [9.17, 15) is 4.79 Å². The van der Waals surface area contributed by atoms with Crippen molar-refractivity contribution in [2.75, 3.05) is 26.0 Å². The Morgan fingerprint density at radius 1 is 1.22 bits per heavy atom. The summed E-state index contributed by atoms with van der Waals surface area (Å²) in [5, 5.41) is 3.05. The zero-order chi connectivity index (χ0) is 18.9. The number of methoxy groups -OCH3 is 1. The van der Waals surface area contributed by atoms with Crippen LogP contribution in [0, 0.1) is 0 Å². The van der Waals surface area contributed by atoms with E-state index in [2.05, 4.69) is 17.4 Å². The minimum absolute atomic E-state index is 0.000159. The van der Waals surface area contributed by atoms with Crippen LogP contribution in [0.3, 0.4) is 0 Å².